The third-order valence-electron chi connectivity index (χ3n) is 4.00. The van der Waals surface area contributed by atoms with Crippen LogP contribution in [0.3, 0.4) is 0 Å². The zero-order valence-corrected chi connectivity index (χ0v) is 13.8. The van der Waals surface area contributed by atoms with Gasteiger partial charge in [0.2, 0.25) is 11.9 Å². The fourth-order valence-corrected chi connectivity index (χ4v) is 2.73. The number of carbonyl (C=O) groups is 1. The molecule has 1 N–H and O–H groups in total. The highest BCUT2D eigenvalue weighted by Crippen LogP contribution is 2.12. The molecule has 6 heteroatoms. The molecule has 1 amide bonds. The topological polar surface area (TPSA) is 67.4 Å². The highest BCUT2D eigenvalue weighted by atomic mass is 16.5. The number of benzene rings is 1. The number of anilines is 1. The van der Waals surface area contributed by atoms with Gasteiger partial charge in [0.25, 0.3) is 0 Å². The number of hydrogen-bond donors (Lipinski definition) is 1. The normalized spacial score (nSPS) is 15.8. The lowest BCUT2D eigenvalue weighted by Gasteiger charge is -2.30. The van der Waals surface area contributed by atoms with Gasteiger partial charge in [-0.15, -0.1) is 0 Å². The molecular formula is C18H22N4O2. The average Bonchev–Trinajstić information content (AvgIpc) is 2.62. The Morgan fingerprint density at radius 3 is 2.71 bits per heavy atom. The van der Waals surface area contributed by atoms with Gasteiger partial charge >= 0.3 is 0 Å². The summed E-state index contributed by atoms with van der Waals surface area (Å²) < 4.78 is 5.34. The van der Waals surface area contributed by atoms with Gasteiger partial charge in [-0.05, 0) is 18.6 Å². The standard InChI is InChI=1S/C18H22N4O2/c1-14-7-8-19-18(20-14)21-16(13-15-5-3-2-4-6-15)17(23)22-9-11-24-12-10-22/h2-8,16H,9-13H2,1H3,(H,19,20,21). The zero-order chi connectivity index (χ0) is 16.8. The van der Waals surface area contributed by atoms with Crippen LogP contribution in [-0.2, 0) is 16.0 Å². The second kappa shape index (κ2) is 7.88. The number of carbonyl (C=O) groups excluding carboxylic acids is 1. The molecule has 1 atom stereocenters. The summed E-state index contributed by atoms with van der Waals surface area (Å²) in [5.41, 5.74) is 1.97. The second-order valence-corrected chi connectivity index (χ2v) is 5.85. The molecule has 1 fully saturated rings. The minimum Gasteiger partial charge on any atom is -0.378 e. The molecule has 1 aliphatic rings. The van der Waals surface area contributed by atoms with Crippen LogP contribution in [-0.4, -0.2) is 53.1 Å². The molecule has 1 aromatic heterocycles. The smallest absolute Gasteiger partial charge is 0.245 e. The molecule has 0 aliphatic carbocycles. The lowest BCUT2D eigenvalue weighted by atomic mass is 10.0. The average molecular weight is 326 g/mol. The summed E-state index contributed by atoms with van der Waals surface area (Å²) in [6.07, 6.45) is 2.29. The number of morpholine rings is 1. The fraction of sp³-hybridized carbons (Fsp3) is 0.389. The maximum absolute atomic E-state index is 12.9. The summed E-state index contributed by atoms with van der Waals surface area (Å²) >= 11 is 0. The molecule has 3 rings (SSSR count). The number of amides is 1. The molecule has 126 valence electrons. The highest BCUT2D eigenvalue weighted by molar-refractivity contribution is 5.84. The largest absolute Gasteiger partial charge is 0.378 e. The first-order valence-corrected chi connectivity index (χ1v) is 8.19. The van der Waals surface area contributed by atoms with Crippen LogP contribution in [0.25, 0.3) is 0 Å². The third kappa shape index (κ3) is 4.29. The Balaban J connectivity index is 1.78. The van der Waals surface area contributed by atoms with Crippen molar-refractivity contribution >= 4 is 11.9 Å². The second-order valence-electron chi connectivity index (χ2n) is 5.85. The van der Waals surface area contributed by atoms with Crippen LogP contribution in [0, 0.1) is 6.92 Å². The fourth-order valence-electron chi connectivity index (χ4n) is 2.73. The van der Waals surface area contributed by atoms with Crippen molar-refractivity contribution in [1.29, 1.82) is 0 Å². The number of nitrogens with zero attached hydrogens (tertiary/aromatic N) is 3. The third-order valence-corrected chi connectivity index (χ3v) is 4.00. The van der Waals surface area contributed by atoms with Crippen LogP contribution in [0.2, 0.25) is 0 Å². The van der Waals surface area contributed by atoms with Gasteiger partial charge in [-0.25, -0.2) is 9.97 Å². The number of aromatic nitrogens is 2. The molecule has 2 heterocycles. The van der Waals surface area contributed by atoms with Gasteiger partial charge in [0, 0.05) is 31.4 Å². The highest BCUT2D eigenvalue weighted by Gasteiger charge is 2.26. The first kappa shape index (κ1) is 16.4. The van der Waals surface area contributed by atoms with Gasteiger partial charge < -0.3 is 15.0 Å². The van der Waals surface area contributed by atoms with E-state index in [0.717, 1.165) is 11.3 Å². The quantitative estimate of drug-likeness (QED) is 0.905. The first-order valence-electron chi connectivity index (χ1n) is 8.19. The lowest BCUT2D eigenvalue weighted by Crippen LogP contribution is -2.49. The SMILES string of the molecule is Cc1ccnc(NC(Cc2ccccc2)C(=O)N2CCOCC2)n1. The molecule has 2 aromatic rings. The van der Waals surface area contributed by atoms with E-state index >= 15 is 0 Å². The van der Waals surface area contributed by atoms with E-state index < -0.39 is 6.04 Å². The predicted octanol–water partition coefficient (Wildman–Crippen LogP) is 1.67. The molecule has 1 unspecified atom stereocenters. The Morgan fingerprint density at radius 1 is 1.25 bits per heavy atom. The van der Waals surface area contributed by atoms with Crippen LogP contribution in [0.5, 0.6) is 0 Å². The Morgan fingerprint density at radius 2 is 2.00 bits per heavy atom. The van der Waals surface area contributed by atoms with Crippen LogP contribution >= 0.6 is 0 Å². The van der Waals surface area contributed by atoms with Crippen molar-refractivity contribution in [3.8, 4) is 0 Å². The van der Waals surface area contributed by atoms with E-state index in [2.05, 4.69) is 15.3 Å². The number of nitrogens with one attached hydrogen (secondary N) is 1. The minimum atomic E-state index is -0.396. The molecular weight excluding hydrogens is 304 g/mol. The number of aryl methyl sites for hydroxylation is 1. The van der Waals surface area contributed by atoms with Crippen LogP contribution in [0.15, 0.2) is 42.6 Å². The van der Waals surface area contributed by atoms with Crippen LogP contribution in [0.1, 0.15) is 11.3 Å². The summed E-state index contributed by atoms with van der Waals surface area (Å²) in [5, 5.41) is 3.21. The first-order chi connectivity index (χ1) is 11.7. The van der Waals surface area contributed by atoms with Gasteiger partial charge in [-0.2, -0.15) is 0 Å². The molecule has 1 saturated heterocycles. The van der Waals surface area contributed by atoms with Gasteiger partial charge in [0.15, 0.2) is 0 Å². The molecule has 24 heavy (non-hydrogen) atoms. The zero-order valence-electron chi connectivity index (χ0n) is 13.8. The van der Waals surface area contributed by atoms with E-state index in [4.69, 9.17) is 4.74 Å². The van der Waals surface area contributed by atoms with E-state index in [1.54, 1.807) is 6.20 Å². The van der Waals surface area contributed by atoms with Crippen molar-refractivity contribution in [1.82, 2.24) is 14.9 Å². The van der Waals surface area contributed by atoms with Crippen molar-refractivity contribution in [2.75, 3.05) is 31.6 Å². The Labute approximate surface area is 141 Å². The molecule has 6 nitrogen and oxygen atoms in total. The van der Waals surface area contributed by atoms with Gasteiger partial charge in [-0.3, -0.25) is 4.79 Å². The van der Waals surface area contributed by atoms with Gasteiger partial charge in [-0.1, -0.05) is 30.3 Å². The van der Waals surface area contributed by atoms with E-state index in [9.17, 15) is 4.79 Å². The number of rotatable bonds is 5. The Hall–Kier alpha value is -2.47. The van der Waals surface area contributed by atoms with Gasteiger partial charge in [0.1, 0.15) is 6.04 Å². The molecule has 1 aliphatic heterocycles. The van der Waals surface area contributed by atoms with E-state index in [-0.39, 0.29) is 5.91 Å². The lowest BCUT2D eigenvalue weighted by molar-refractivity contribution is -0.136. The predicted molar refractivity (Wildman–Crippen MR) is 91.7 cm³/mol. The monoisotopic (exact) mass is 326 g/mol. The van der Waals surface area contributed by atoms with E-state index in [1.165, 1.54) is 0 Å². The summed E-state index contributed by atoms with van der Waals surface area (Å²) in [5.74, 6) is 0.546. The summed E-state index contributed by atoms with van der Waals surface area (Å²) in [6.45, 7) is 4.33. The summed E-state index contributed by atoms with van der Waals surface area (Å²) in [6, 6.07) is 11.4. The maximum Gasteiger partial charge on any atom is 0.245 e. The summed E-state index contributed by atoms with van der Waals surface area (Å²) in [7, 11) is 0. The van der Waals surface area contributed by atoms with E-state index in [1.807, 2.05) is 48.2 Å². The number of ether oxygens (including phenoxy) is 1. The van der Waals surface area contributed by atoms with Crippen molar-refractivity contribution in [2.45, 2.75) is 19.4 Å². The van der Waals surface area contributed by atoms with Crippen molar-refractivity contribution in [3.63, 3.8) is 0 Å². The van der Waals surface area contributed by atoms with Crippen LogP contribution in [0.4, 0.5) is 5.95 Å². The Bertz CT molecular complexity index is 672. The van der Waals surface area contributed by atoms with Crippen LogP contribution < -0.4 is 5.32 Å². The Kier molecular flexibility index (Phi) is 5.38. The molecule has 0 spiro atoms. The van der Waals surface area contributed by atoms with E-state index in [0.29, 0.717) is 38.7 Å². The van der Waals surface area contributed by atoms with Crippen molar-refractivity contribution in [2.24, 2.45) is 0 Å². The van der Waals surface area contributed by atoms with Gasteiger partial charge in [0.05, 0.1) is 13.2 Å². The number of hydrogen-bond acceptors (Lipinski definition) is 5. The van der Waals surface area contributed by atoms with Crippen molar-refractivity contribution in [3.05, 3.63) is 53.9 Å². The molecule has 1 aromatic carbocycles. The molecule has 0 saturated carbocycles. The summed E-state index contributed by atoms with van der Waals surface area (Å²) in [4.78, 5) is 23.4. The molecule has 0 radical (unpaired) electrons. The maximum atomic E-state index is 12.9. The van der Waals surface area contributed by atoms with Crippen molar-refractivity contribution < 1.29 is 9.53 Å². The molecule has 0 bridgehead atoms. The minimum absolute atomic E-state index is 0.0623.